The number of anilines is 1. The van der Waals surface area contributed by atoms with Gasteiger partial charge in [-0.3, -0.25) is 0 Å². The van der Waals surface area contributed by atoms with Crippen LogP contribution in [-0.2, 0) is 13.1 Å². The zero-order valence-corrected chi connectivity index (χ0v) is 15.2. The first-order valence-corrected chi connectivity index (χ1v) is 8.88. The fraction of sp³-hybridized carbons (Fsp3) is 0.389. The molecular weight excluding hydrogens is 338 g/mol. The number of aromatic nitrogens is 4. The number of imidazole rings is 1. The first-order valence-electron chi connectivity index (χ1n) is 8.35. The predicted molar refractivity (Wildman–Crippen MR) is 100 cm³/mol. The smallest absolute Gasteiger partial charge is 0.165 e. The van der Waals surface area contributed by atoms with Crippen LogP contribution in [0.15, 0.2) is 24.8 Å². The molecule has 0 saturated heterocycles. The lowest BCUT2D eigenvalue weighted by Crippen LogP contribution is -2.04. The molecule has 6 nitrogen and oxygen atoms in total. The van der Waals surface area contributed by atoms with Gasteiger partial charge in [0.15, 0.2) is 11.5 Å². The third-order valence-electron chi connectivity index (χ3n) is 4.19. The van der Waals surface area contributed by atoms with Gasteiger partial charge in [0.2, 0.25) is 0 Å². The Balaban J connectivity index is 1.78. The number of benzene rings is 1. The molecular formula is C18H22ClN5O. The molecule has 3 aromatic rings. The normalized spacial score (nSPS) is 11.2. The number of phenols is 1. The fourth-order valence-corrected chi connectivity index (χ4v) is 3.07. The van der Waals surface area contributed by atoms with Crippen LogP contribution in [0.4, 0.5) is 5.82 Å². The Morgan fingerprint density at radius 1 is 1.12 bits per heavy atom. The molecule has 0 amide bonds. The molecule has 0 atom stereocenters. The van der Waals surface area contributed by atoms with Crippen molar-refractivity contribution >= 4 is 28.6 Å². The molecule has 132 valence electrons. The largest absolute Gasteiger partial charge is 0.507 e. The van der Waals surface area contributed by atoms with Crippen molar-refractivity contribution in [2.24, 2.45) is 0 Å². The van der Waals surface area contributed by atoms with Gasteiger partial charge >= 0.3 is 0 Å². The van der Waals surface area contributed by atoms with E-state index in [4.69, 9.17) is 11.6 Å². The number of aryl methyl sites for hydroxylation is 3. The SMILES string of the molecule is Cc1cc(CNc2ncnc3c2ncn3CCCCCl)cc(C)c1O. The van der Waals surface area contributed by atoms with Crippen molar-refractivity contribution in [3.05, 3.63) is 41.5 Å². The standard InChI is InChI=1S/C18H22ClN5O/c1-12-7-14(8-13(2)16(12)25)9-20-17-15-18(22-10-21-17)24(11-23-15)6-4-3-5-19/h7-8,10-11,25H,3-6,9H2,1-2H3,(H,20,21,22). The number of rotatable bonds is 7. The average molecular weight is 360 g/mol. The van der Waals surface area contributed by atoms with E-state index in [0.717, 1.165) is 47.2 Å². The number of alkyl halides is 1. The monoisotopic (exact) mass is 359 g/mol. The van der Waals surface area contributed by atoms with Crippen LogP contribution in [0.1, 0.15) is 29.5 Å². The molecule has 2 N–H and O–H groups in total. The van der Waals surface area contributed by atoms with Crippen molar-refractivity contribution in [1.29, 1.82) is 0 Å². The zero-order valence-electron chi connectivity index (χ0n) is 14.5. The van der Waals surface area contributed by atoms with Crippen molar-refractivity contribution in [2.75, 3.05) is 11.2 Å². The van der Waals surface area contributed by atoms with E-state index in [2.05, 4.69) is 20.3 Å². The minimum absolute atomic E-state index is 0.351. The minimum Gasteiger partial charge on any atom is -0.507 e. The lowest BCUT2D eigenvalue weighted by molar-refractivity contribution is 0.466. The second-order valence-electron chi connectivity index (χ2n) is 6.16. The highest BCUT2D eigenvalue weighted by Crippen LogP contribution is 2.24. The van der Waals surface area contributed by atoms with Crippen LogP contribution in [0.5, 0.6) is 5.75 Å². The Bertz CT molecular complexity index is 854. The summed E-state index contributed by atoms with van der Waals surface area (Å²) in [5.41, 5.74) is 4.41. The molecule has 0 radical (unpaired) electrons. The van der Waals surface area contributed by atoms with Gasteiger partial charge < -0.3 is 15.0 Å². The van der Waals surface area contributed by atoms with Gasteiger partial charge in [0.05, 0.1) is 6.33 Å². The maximum atomic E-state index is 9.89. The quantitative estimate of drug-likeness (QED) is 0.496. The molecule has 1 aromatic carbocycles. The summed E-state index contributed by atoms with van der Waals surface area (Å²) in [5, 5.41) is 13.2. The number of phenolic OH excluding ortho intramolecular Hbond substituents is 1. The Labute approximate surface area is 151 Å². The Hall–Kier alpha value is -2.34. The molecule has 25 heavy (non-hydrogen) atoms. The lowest BCUT2D eigenvalue weighted by atomic mass is 10.1. The average Bonchev–Trinajstić information content (AvgIpc) is 3.02. The maximum Gasteiger partial charge on any atom is 0.165 e. The number of hydrogen-bond donors (Lipinski definition) is 2. The Morgan fingerprint density at radius 3 is 2.60 bits per heavy atom. The van der Waals surface area contributed by atoms with Gasteiger partial charge in [-0.15, -0.1) is 11.6 Å². The van der Waals surface area contributed by atoms with Gasteiger partial charge in [-0.25, -0.2) is 15.0 Å². The third-order valence-corrected chi connectivity index (χ3v) is 4.46. The third kappa shape index (κ3) is 3.85. The molecule has 0 aliphatic carbocycles. The zero-order chi connectivity index (χ0) is 17.8. The molecule has 0 aliphatic rings. The second kappa shape index (κ2) is 7.70. The van der Waals surface area contributed by atoms with Gasteiger partial charge in [-0.05, 0) is 43.4 Å². The number of nitrogens with one attached hydrogen (secondary N) is 1. The summed E-state index contributed by atoms with van der Waals surface area (Å²) >= 11 is 5.74. The highest BCUT2D eigenvalue weighted by molar-refractivity contribution is 6.17. The predicted octanol–water partition coefficient (Wildman–Crippen LogP) is 3.78. The van der Waals surface area contributed by atoms with Gasteiger partial charge in [0.25, 0.3) is 0 Å². The number of aromatic hydroxyl groups is 1. The number of nitrogens with zero attached hydrogens (tertiary/aromatic N) is 4. The number of halogens is 1. The second-order valence-corrected chi connectivity index (χ2v) is 6.54. The molecule has 2 heterocycles. The van der Waals surface area contributed by atoms with E-state index in [1.807, 2.05) is 30.5 Å². The summed E-state index contributed by atoms with van der Waals surface area (Å²) < 4.78 is 2.03. The topological polar surface area (TPSA) is 75.9 Å². The maximum absolute atomic E-state index is 9.89. The van der Waals surface area contributed by atoms with E-state index in [0.29, 0.717) is 24.0 Å². The van der Waals surface area contributed by atoms with Crippen LogP contribution in [0.2, 0.25) is 0 Å². The number of unbranched alkanes of at least 4 members (excludes halogenated alkanes) is 1. The first kappa shape index (κ1) is 17.5. The van der Waals surface area contributed by atoms with Crippen LogP contribution < -0.4 is 5.32 Å². The van der Waals surface area contributed by atoms with Crippen LogP contribution in [0.3, 0.4) is 0 Å². The van der Waals surface area contributed by atoms with Crippen molar-refractivity contribution in [3.63, 3.8) is 0 Å². The first-order chi connectivity index (χ1) is 12.1. The van der Waals surface area contributed by atoms with Crippen LogP contribution >= 0.6 is 11.6 Å². The lowest BCUT2D eigenvalue weighted by Gasteiger charge is -2.10. The summed E-state index contributed by atoms with van der Waals surface area (Å²) in [4.78, 5) is 13.1. The molecule has 0 bridgehead atoms. The summed E-state index contributed by atoms with van der Waals surface area (Å²) in [6.45, 7) is 5.25. The van der Waals surface area contributed by atoms with Crippen LogP contribution in [-0.4, -0.2) is 30.5 Å². The molecule has 3 rings (SSSR count). The summed E-state index contributed by atoms with van der Waals surface area (Å²) in [7, 11) is 0. The number of fused-ring (bicyclic) bond motifs is 1. The minimum atomic E-state index is 0.351. The van der Waals surface area contributed by atoms with E-state index in [1.165, 1.54) is 0 Å². The molecule has 0 unspecified atom stereocenters. The van der Waals surface area contributed by atoms with E-state index >= 15 is 0 Å². The van der Waals surface area contributed by atoms with Crippen molar-refractivity contribution < 1.29 is 5.11 Å². The Kier molecular flexibility index (Phi) is 5.38. The Morgan fingerprint density at radius 2 is 1.88 bits per heavy atom. The van der Waals surface area contributed by atoms with E-state index < -0.39 is 0 Å². The molecule has 0 spiro atoms. The molecule has 0 aliphatic heterocycles. The van der Waals surface area contributed by atoms with E-state index in [-0.39, 0.29) is 0 Å². The highest BCUT2D eigenvalue weighted by Gasteiger charge is 2.10. The summed E-state index contributed by atoms with van der Waals surface area (Å²) in [5.74, 6) is 1.73. The van der Waals surface area contributed by atoms with Gasteiger partial charge in [-0.1, -0.05) is 12.1 Å². The molecule has 0 saturated carbocycles. The number of hydrogen-bond acceptors (Lipinski definition) is 5. The van der Waals surface area contributed by atoms with E-state index in [1.54, 1.807) is 12.7 Å². The van der Waals surface area contributed by atoms with Gasteiger partial charge in [0.1, 0.15) is 17.6 Å². The highest BCUT2D eigenvalue weighted by atomic mass is 35.5. The summed E-state index contributed by atoms with van der Waals surface area (Å²) in [6.07, 6.45) is 5.32. The fourth-order valence-electron chi connectivity index (χ4n) is 2.88. The molecule has 7 heteroatoms. The van der Waals surface area contributed by atoms with E-state index in [9.17, 15) is 5.11 Å². The summed E-state index contributed by atoms with van der Waals surface area (Å²) in [6, 6.07) is 3.94. The van der Waals surface area contributed by atoms with Gasteiger partial charge in [0, 0.05) is 19.0 Å². The van der Waals surface area contributed by atoms with Crippen molar-refractivity contribution in [1.82, 2.24) is 19.5 Å². The van der Waals surface area contributed by atoms with Gasteiger partial charge in [-0.2, -0.15) is 0 Å². The van der Waals surface area contributed by atoms with Crippen molar-refractivity contribution in [2.45, 2.75) is 39.8 Å². The molecule has 0 fully saturated rings. The van der Waals surface area contributed by atoms with Crippen LogP contribution in [0, 0.1) is 13.8 Å². The van der Waals surface area contributed by atoms with Crippen molar-refractivity contribution in [3.8, 4) is 5.75 Å². The van der Waals surface area contributed by atoms with Crippen LogP contribution in [0.25, 0.3) is 11.2 Å². The molecule has 2 aromatic heterocycles.